The molecule has 1 aromatic carbocycles. The molecule has 0 unspecified atom stereocenters. The average Bonchev–Trinajstić information content (AvgIpc) is 2.88. The molecule has 19 heavy (non-hydrogen) atoms. The molecule has 0 saturated heterocycles. The number of anilines is 2. The number of hydrogen-bond acceptors (Lipinski definition) is 3. The number of fused-ring (bicyclic) bond motifs is 1. The van der Waals surface area contributed by atoms with E-state index < -0.39 is 0 Å². The second kappa shape index (κ2) is 5.01. The Hall–Kier alpha value is -1.88. The highest BCUT2D eigenvalue weighted by molar-refractivity contribution is 9.10. The monoisotopic (exact) mass is 317 g/mol. The summed E-state index contributed by atoms with van der Waals surface area (Å²) in [6.07, 6.45) is 4.32. The van der Waals surface area contributed by atoms with Crippen molar-refractivity contribution in [3.8, 4) is 0 Å². The molecular weight excluding hydrogens is 306 g/mol. The van der Waals surface area contributed by atoms with Gasteiger partial charge in [-0.25, -0.2) is 0 Å². The summed E-state index contributed by atoms with van der Waals surface area (Å²) in [6.45, 7) is 0.941. The molecule has 2 N–H and O–H groups in total. The summed E-state index contributed by atoms with van der Waals surface area (Å²) in [6, 6.07) is 7.52. The molecule has 1 aromatic heterocycles. The van der Waals surface area contributed by atoms with Gasteiger partial charge in [0, 0.05) is 30.2 Å². The van der Waals surface area contributed by atoms with Crippen molar-refractivity contribution in [2.24, 2.45) is 0 Å². The number of rotatable bonds is 2. The maximum atomic E-state index is 12.2. The van der Waals surface area contributed by atoms with Gasteiger partial charge in [-0.2, -0.15) is 0 Å². The Morgan fingerprint density at radius 3 is 3.11 bits per heavy atom. The number of amides is 1. The molecule has 3 rings (SSSR count). The third-order valence-electron chi connectivity index (χ3n) is 3.10. The van der Waals surface area contributed by atoms with E-state index in [0.29, 0.717) is 11.3 Å². The van der Waals surface area contributed by atoms with E-state index in [1.165, 1.54) is 5.56 Å². The van der Waals surface area contributed by atoms with Gasteiger partial charge >= 0.3 is 0 Å². The Bertz CT molecular complexity index is 642. The first-order valence-electron chi connectivity index (χ1n) is 6.02. The van der Waals surface area contributed by atoms with E-state index in [-0.39, 0.29) is 5.91 Å². The molecule has 0 bridgehead atoms. The molecule has 1 amide bonds. The predicted octanol–water partition coefficient (Wildman–Crippen LogP) is 3.06. The summed E-state index contributed by atoms with van der Waals surface area (Å²) in [5.74, 6) is -0.122. The molecule has 0 fully saturated rings. The Labute approximate surface area is 119 Å². The molecule has 0 spiro atoms. The molecular formula is C14H12BrN3O. The van der Waals surface area contributed by atoms with Gasteiger partial charge < -0.3 is 10.6 Å². The van der Waals surface area contributed by atoms with E-state index in [0.717, 1.165) is 23.1 Å². The van der Waals surface area contributed by atoms with Crippen LogP contribution in [0, 0.1) is 0 Å². The van der Waals surface area contributed by atoms with Gasteiger partial charge in [-0.3, -0.25) is 9.78 Å². The molecule has 2 aromatic rings. The fourth-order valence-corrected chi connectivity index (χ4v) is 2.45. The van der Waals surface area contributed by atoms with Crippen LogP contribution in [-0.2, 0) is 6.42 Å². The van der Waals surface area contributed by atoms with Gasteiger partial charge in [0.25, 0.3) is 5.91 Å². The van der Waals surface area contributed by atoms with E-state index in [4.69, 9.17) is 0 Å². The van der Waals surface area contributed by atoms with E-state index in [9.17, 15) is 4.79 Å². The number of nitrogens with zero attached hydrogens (tertiary/aromatic N) is 1. The summed E-state index contributed by atoms with van der Waals surface area (Å²) >= 11 is 3.36. The number of aromatic nitrogens is 1. The molecule has 0 aliphatic carbocycles. The second-order valence-electron chi connectivity index (χ2n) is 4.36. The minimum atomic E-state index is -0.122. The molecule has 1 aliphatic rings. The first-order valence-corrected chi connectivity index (χ1v) is 6.81. The van der Waals surface area contributed by atoms with Crippen molar-refractivity contribution in [1.82, 2.24) is 4.98 Å². The molecule has 5 heteroatoms. The molecule has 0 saturated carbocycles. The van der Waals surface area contributed by atoms with Crippen LogP contribution < -0.4 is 10.6 Å². The second-order valence-corrected chi connectivity index (χ2v) is 5.21. The number of benzene rings is 1. The number of nitrogens with one attached hydrogen (secondary N) is 2. The maximum Gasteiger partial charge on any atom is 0.255 e. The van der Waals surface area contributed by atoms with Gasteiger partial charge in [-0.15, -0.1) is 0 Å². The highest BCUT2D eigenvalue weighted by atomic mass is 79.9. The number of carbonyl (C=O) groups is 1. The van der Waals surface area contributed by atoms with Crippen molar-refractivity contribution in [3.05, 3.63) is 52.3 Å². The zero-order valence-electron chi connectivity index (χ0n) is 10.1. The Morgan fingerprint density at radius 1 is 1.37 bits per heavy atom. The lowest BCUT2D eigenvalue weighted by molar-refractivity contribution is 0.102. The van der Waals surface area contributed by atoms with Crippen molar-refractivity contribution in [2.45, 2.75) is 6.42 Å². The third kappa shape index (κ3) is 2.46. The summed E-state index contributed by atoms with van der Waals surface area (Å²) in [5.41, 5.74) is 3.69. The molecule has 1 aliphatic heterocycles. The van der Waals surface area contributed by atoms with Crippen LogP contribution in [0.25, 0.3) is 0 Å². The quantitative estimate of drug-likeness (QED) is 0.895. The maximum absolute atomic E-state index is 12.2. The fourth-order valence-electron chi connectivity index (χ4n) is 2.10. The number of halogens is 1. The lowest BCUT2D eigenvalue weighted by Crippen LogP contribution is -2.12. The van der Waals surface area contributed by atoms with E-state index in [1.54, 1.807) is 18.5 Å². The van der Waals surface area contributed by atoms with E-state index >= 15 is 0 Å². The Morgan fingerprint density at radius 2 is 2.26 bits per heavy atom. The smallest absolute Gasteiger partial charge is 0.255 e. The van der Waals surface area contributed by atoms with Crippen molar-refractivity contribution >= 4 is 33.2 Å². The number of hydrogen-bond donors (Lipinski definition) is 2. The largest absolute Gasteiger partial charge is 0.384 e. The van der Waals surface area contributed by atoms with Crippen LogP contribution >= 0.6 is 15.9 Å². The SMILES string of the molecule is O=C(Nc1ccncc1Br)c1ccc2c(c1)NCC2. The Kier molecular flexibility index (Phi) is 3.21. The zero-order chi connectivity index (χ0) is 13.2. The van der Waals surface area contributed by atoms with Crippen LogP contribution in [0.1, 0.15) is 15.9 Å². The van der Waals surface area contributed by atoms with Crippen LogP contribution in [0.3, 0.4) is 0 Å². The summed E-state index contributed by atoms with van der Waals surface area (Å²) < 4.78 is 0.766. The molecule has 4 nitrogen and oxygen atoms in total. The van der Waals surface area contributed by atoms with Crippen LogP contribution in [0.15, 0.2) is 41.1 Å². The van der Waals surface area contributed by atoms with Gasteiger partial charge in [0.05, 0.1) is 10.2 Å². The molecule has 0 atom stereocenters. The van der Waals surface area contributed by atoms with Crippen LogP contribution in [-0.4, -0.2) is 17.4 Å². The fraction of sp³-hybridized carbons (Fsp3) is 0.143. The van der Waals surface area contributed by atoms with Crippen LogP contribution in [0.5, 0.6) is 0 Å². The van der Waals surface area contributed by atoms with Gasteiger partial charge in [0.2, 0.25) is 0 Å². The minimum Gasteiger partial charge on any atom is -0.384 e. The van der Waals surface area contributed by atoms with Crippen molar-refractivity contribution in [2.75, 3.05) is 17.2 Å². The van der Waals surface area contributed by atoms with Gasteiger partial charge in [-0.05, 0) is 46.1 Å². The lowest BCUT2D eigenvalue weighted by atomic mass is 10.1. The summed E-state index contributed by atoms with van der Waals surface area (Å²) in [7, 11) is 0. The van der Waals surface area contributed by atoms with Crippen molar-refractivity contribution < 1.29 is 4.79 Å². The highest BCUT2D eigenvalue weighted by Crippen LogP contribution is 2.25. The van der Waals surface area contributed by atoms with Gasteiger partial charge in [-0.1, -0.05) is 6.07 Å². The summed E-state index contributed by atoms with van der Waals surface area (Å²) in [4.78, 5) is 16.2. The lowest BCUT2D eigenvalue weighted by Gasteiger charge is -2.08. The Balaban J connectivity index is 1.83. The first-order chi connectivity index (χ1) is 9.24. The van der Waals surface area contributed by atoms with Crippen molar-refractivity contribution in [1.29, 1.82) is 0 Å². The minimum absolute atomic E-state index is 0.122. The molecule has 2 heterocycles. The summed E-state index contributed by atoms with van der Waals surface area (Å²) in [5, 5.41) is 6.14. The van der Waals surface area contributed by atoms with E-state index in [1.807, 2.05) is 18.2 Å². The van der Waals surface area contributed by atoms with Crippen LogP contribution in [0.2, 0.25) is 0 Å². The number of pyridine rings is 1. The molecule has 0 radical (unpaired) electrons. The predicted molar refractivity (Wildman–Crippen MR) is 78.5 cm³/mol. The topological polar surface area (TPSA) is 54.0 Å². The van der Waals surface area contributed by atoms with Gasteiger partial charge in [0.15, 0.2) is 0 Å². The van der Waals surface area contributed by atoms with Gasteiger partial charge in [0.1, 0.15) is 0 Å². The number of carbonyl (C=O) groups excluding carboxylic acids is 1. The van der Waals surface area contributed by atoms with E-state index in [2.05, 4.69) is 31.5 Å². The van der Waals surface area contributed by atoms with Crippen LogP contribution in [0.4, 0.5) is 11.4 Å². The van der Waals surface area contributed by atoms with Crippen molar-refractivity contribution in [3.63, 3.8) is 0 Å². The normalized spacial score (nSPS) is 12.7. The zero-order valence-corrected chi connectivity index (χ0v) is 11.7. The highest BCUT2D eigenvalue weighted by Gasteiger charge is 2.14. The first kappa shape index (κ1) is 12.2. The average molecular weight is 318 g/mol. The molecule has 96 valence electrons. The third-order valence-corrected chi connectivity index (χ3v) is 3.73. The standard InChI is InChI=1S/C14H12BrN3O/c15-11-8-16-5-4-12(11)18-14(19)10-2-1-9-3-6-17-13(9)7-10/h1-2,4-5,7-8,17H,3,6H2,(H,16,18,19).